The molecule has 0 radical (unpaired) electrons. The van der Waals surface area contributed by atoms with Crippen molar-refractivity contribution in [3.05, 3.63) is 0 Å². The number of guanidine groups is 1. The van der Waals surface area contributed by atoms with Crippen LogP contribution >= 0.6 is 0 Å². The summed E-state index contributed by atoms with van der Waals surface area (Å²) in [7, 11) is 0. The lowest BCUT2D eigenvalue weighted by Gasteiger charge is -2.24. The highest BCUT2D eigenvalue weighted by Gasteiger charge is 2.32. The van der Waals surface area contributed by atoms with E-state index in [1.807, 2.05) is 0 Å². The molecule has 13 N–H and O–H groups in total. The maximum atomic E-state index is 13.0. The van der Waals surface area contributed by atoms with Gasteiger partial charge in [-0.1, -0.05) is 0 Å². The van der Waals surface area contributed by atoms with E-state index in [0.29, 0.717) is 19.4 Å². The van der Waals surface area contributed by atoms with Crippen molar-refractivity contribution in [1.29, 1.82) is 0 Å². The van der Waals surface area contributed by atoms with Crippen molar-refractivity contribution in [2.24, 2.45) is 27.9 Å². The summed E-state index contributed by atoms with van der Waals surface area (Å²) in [4.78, 5) is 76.0. The summed E-state index contributed by atoms with van der Waals surface area (Å²) < 4.78 is 0. The molecule has 0 bridgehead atoms. The number of hydrogen-bond donors (Lipinski definition) is 9. The summed E-state index contributed by atoms with van der Waals surface area (Å²) in [5.74, 6) is -5.52. The topological polar surface area (TPSA) is 287 Å². The standard InChI is InChI=1S/C20H35N9O7/c21-14(30)6-5-12(19(35)36)28-18(34)13(9-15(22)31)29-17(33)11(4-2-8-26-20(23)24)27-16(32)10-3-1-7-25-10/h10-13,25H,1-9H2,(H2,21,30)(H2,22,31)(H,27,32)(H,28,34)(H,29,33)(H,35,36)(H4,23,24,26). The van der Waals surface area contributed by atoms with Crippen LogP contribution in [0.2, 0.25) is 0 Å². The van der Waals surface area contributed by atoms with Gasteiger partial charge in [0.05, 0.1) is 12.5 Å². The fourth-order valence-corrected chi connectivity index (χ4v) is 3.45. The number of nitrogens with one attached hydrogen (secondary N) is 4. The molecule has 36 heavy (non-hydrogen) atoms. The quantitative estimate of drug-likeness (QED) is 0.0541. The van der Waals surface area contributed by atoms with Gasteiger partial charge in [-0.25, -0.2) is 4.79 Å². The lowest BCUT2D eigenvalue weighted by Crippen LogP contribution is -2.57. The first-order chi connectivity index (χ1) is 16.9. The number of nitrogens with two attached hydrogens (primary N) is 4. The van der Waals surface area contributed by atoms with Crippen LogP contribution in [0.4, 0.5) is 0 Å². The molecular formula is C20H35N9O7. The summed E-state index contributed by atoms with van der Waals surface area (Å²) >= 11 is 0. The van der Waals surface area contributed by atoms with Crippen LogP contribution in [-0.4, -0.2) is 83.8 Å². The molecule has 5 amide bonds. The van der Waals surface area contributed by atoms with Gasteiger partial charge in [0.1, 0.15) is 18.1 Å². The molecule has 0 aromatic carbocycles. The Morgan fingerprint density at radius 3 is 2.06 bits per heavy atom. The van der Waals surface area contributed by atoms with Crippen molar-refractivity contribution in [3.8, 4) is 0 Å². The summed E-state index contributed by atoms with van der Waals surface area (Å²) in [6.45, 7) is 0.829. The van der Waals surface area contributed by atoms with E-state index in [9.17, 15) is 33.9 Å². The van der Waals surface area contributed by atoms with E-state index < -0.39 is 66.1 Å². The maximum Gasteiger partial charge on any atom is 0.326 e. The van der Waals surface area contributed by atoms with Gasteiger partial charge in [0.25, 0.3) is 0 Å². The SMILES string of the molecule is NC(=O)CCC(NC(=O)C(CC(N)=O)NC(=O)C(CCCN=C(N)N)NC(=O)C1CCCN1)C(=O)O. The molecule has 1 saturated heterocycles. The highest BCUT2D eigenvalue weighted by molar-refractivity contribution is 5.96. The number of nitrogens with zero attached hydrogens (tertiary/aromatic N) is 1. The second kappa shape index (κ2) is 15.1. The number of carbonyl (C=O) groups is 6. The lowest BCUT2D eigenvalue weighted by atomic mass is 10.1. The number of aliphatic carboxylic acids is 1. The second-order valence-corrected chi connectivity index (χ2v) is 8.29. The molecule has 16 heteroatoms. The summed E-state index contributed by atoms with van der Waals surface area (Å²) in [6, 6.07) is -4.63. The summed E-state index contributed by atoms with van der Waals surface area (Å²) in [5.41, 5.74) is 20.8. The molecular weight excluding hydrogens is 478 g/mol. The van der Waals surface area contributed by atoms with Gasteiger partial charge in [-0.3, -0.25) is 29.0 Å². The van der Waals surface area contributed by atoms with Crippen molar-refractivity contribution in [1.82, 2.24) is 21.3 Å². The van der Waals surface area contributed by atoms with Crippen molar-refractivity contribution in [3.63, 3.8) is 0 Å². The Hall–Kier alpha value is -3.95. The zero-order chi connectivity index (χ0) is 27.3. The van der Waals surface area contributed by atoms with Crippen LogP contribution < -0.4 is 44.2 Å². The minimum absolute atomic E-state index is 0.0995. The van der Waals surface area contributed by atoms with E-state index in [-0.39, 0.29) is 31.8 Å². The predicted octanol–water partition coefficient (Wildman–Crippen LogP) is -4.53. The van der Waals surface area contributed by atoms with Crippen LogP contribution in [0, 0.1) is 0 Å². The van der Waals surface area contributed by atoms with Crippen LogP contribution in [0.3, 0.4) is 0 Å². The van der Waals surface area contributed by atoms with Gasteiger partial charge in [0.2, 0.25) is 29.5 Å². The number of carbonyl (C=O) groups excluding carboxylic acids is 5. The number of primary amides is 2. The molecule has 1 aliphatic heterocycles. The third-order valence-electron chi connectivity index (χ3n) is 5.29. The number of hydrogen-bond acceptors (Lipinski definition) is 8. The molecule has 16 nitrogen and oxygen atoms in total. The average Bonchev–Trinajstić information content (AvgIpc) is 3.32. The molecule has 1 rings (SSSR count). The molecule has 1 aliphatic rings. The van der Waals surface area contributed by atoms with E-state index in [1.54, 1.807) is 0 Å². The predicted molar refractivity (Wildman–Crippen MR) is 127 cm³/mol. The highest BCUT2D eigenvalue weighted by Crippen LogP contribution is 2.08. The number of carboxylic acid groups (broad SMARTS) is 1. The van der Waals surface area contributed by atoms with Gasteiger partial charge >= 0.3 is 5.97 Å². The van der Waals surface area contributed by atoms with Gasteiger partial charge in [-0.2, -0.15) is 0 Å². The number of rotatable bonds is 16. The molecule has 1 fully saturated rings. The molecule has 0 saturated carbocycles. The Labute approximate surface area is 207 Å². The largest absolute Gasteiger partial charge is 0.480 e. The van der Waals surface area contributed by atoms with E-state index in [4.69, 9.17) is 22.9 Å². The van der Waals surface area contributed by atoms with E-state index in [1.165, 1.54) is 0 Å². The minimum atomic E-state index is -1.54. The average molecular weight is 514 g/mol. The Bertz CT molecular complexity index is 854. The summed E-state index contributed by atoms with van der Waals surface area (Å²) in [6.07, 6.45) is 0.522. The maximum absolute atomic E-state index is 13.0. The van der Waals surface area contributed by atoms with Crippen LogP contribution in [0.5, 0.6) is 0 Å². The van der Waals surface area contributed by atoms with E-state index in [0.717, 1.165) is 6.42 Å². The monoisotopic (exact) mass is 513 g/mol. The first kappa shape index (κ1) is 30.1. The fourth-order valence-electron chi connectivity index (χ4n) is 3.45. The van der Waals surface area contributed by atoms with Crippen LogP contribution in [0.15, 0.2) is 4.99 Å². The van der Waals surface area contributed by atoms with Crippen molar-refractivity contribution in [2.45, 2.75) is 69.1 Å². The third kappa shape index (κ3) is 11.5. The van der Waals surface area contributed by atoms with E-state index in [2.05, 4.69) is 26.3 Å². The normalized spacial score (nSPS) is 17.2. The third-order valence-corrected chi connectivity index (χ3v) is 5.29. The van der Waals surface area contributed by atoms with Gasteiger partial charge in [-0.15, -0.1) is 0 Å². The van der Waals surface area contributed by atoms with E-state index >= 15 is 0 Å². The molecule has 4 unspecified atom stereocenters. The number of aliphatic imine (C=N–C) groups is 1. The first-order valence-corrected chi connectivity index (χ1v) is 11.4. The zero-order valence-electron chi connectivity index (χ0n) is 19.8. The van der Waals surface area contributed by atoms with Gasteiger partial charge in [-0.05, 0) is 38.6 Å². The molecule has 0 spiro atoms. The number of carboxylic acids is 1. The van der Waals surface area contributed by atoms with Crippen LogP contribution in [0.25, 0.3) is 0 Å². The molecule has 0 aromatic heterocycles. The Morgan fingerprint density at radius 1 is 0.889 bits per heavy atom. The Kier molecular flexibility index (Phi) is 12.6. The van der Waals surface area contributed by atoms with Crippen molar-refractivity contribution in [2.75, 3.05) is 13.1 Å². The van der Waals surface area contributed by atoms with Crippen LogP contribution in [0.1, 0.15) is 44.9 Å². The fraction of sp³-hybridized carbons (Fsp3) is 0.650. The second-order valence-electron chi connectivity index (χ2n) is 8.29. The first-order valence-electron chi connectivity index (χ1n) is 11.4. The molecule has 202 valence electrons. The minimum Gasteiger partial charge on any atom is -0.480 e. The smallest absolute Gasteiger partial charge is 0.326 e. The molecule has 1 heterocycles. The van der Waals surface area contributed by atoms with Crippen LogP contribution in [-0.2, 0) is 28.8 Å². The number of amides is 5. The van der Waals surface area contributed by atoms with Gasteiger partial charge in [0, 0.05) is 13.0 Å². The zero-order valence-corrected chi connectivity index (χ0v) is 19.8. The van der Waals surface area contributed by atoms with Gasteiger partial charge in [0.15, 0.2) is 5.96 Å². The molecule has 0 aromatic rings. The van der Waals surface area contributed by atoms with Crippen molar-refractivity contribution >= 4 is 41.5 Å². The lowest BCUT2D eigenvalue weighted by molar-refractivity contribution is -0.142. The Morgan fingerprint density at radius 2 is 1.53 bits per heavy atom. The van der Waals surface area contributed by atoms with Crippen molar-refractivity contribution < 1.29 is 33.9 Å². The van der Waals surface area contributed by atoms with Gasteiger partial charge < -0.3 is 49.3 Å². The highest BCUT2D eigenvalue weighted by atomic mass is 16.4. The summed E-state index contributed by atoms with van der Waals surface area (Å²) in [5, 5.41) is 19.4. The molecule has 4 atom stereocenters. The Balaban J connectivity index is 2.96. The molecule has 0 aliphatic carbocycles.